The van der Waals surface area contributed by atoms with E-state index < -0.39 is 0 Å². The van der Waals surface area contributed by atoms with Gasteiger partial charge in [-0.15, -0.1) is 0 Å². The molecule has 1 aromatic rings. The number of carbonyl (C=O) groups is 1. The molecule has 3 N–H and O–H groups in total. The highest BCUT2D eigenvalue weighted by atomic mass is 16.3. The summed E-state index contributed by atoms with van der Waals surface area (Å²) in [5.74, 6) is -0.346. The van der Waals surface area contributed by atoms with Crippen LogP contribution in [-0.4, -0.2) is 29.0 Å². The Morgan fingerprint density at radius 3 is 2.75 bits per heavy atom. The fourth-order valence-electron chi connectivity index (χ4n) is 1.40. The van der Waals surface area contributed by atoms with Gasteiger partial charge in [-0.3, -0.25) is 4.79 Å². The van der Waals surface area contributed by atoms with Crippen molar-refractivity contribution in [2.75, 3.05) is 12.8 Å². The van der Waals surface area contributed by atoms with Crippen molar-refractivity contribution < 1.29 is 9.90 Å². The molecule has 1 aromatic carbocycles. The third kappa shape index (κ3) is 2.27. The van der Waals surface area contributed by atoms with Crippen LogP contribution in [0.5, 0.6) is 5.75 Å². The van der Waals surface area contributed by atoms with Gasteiger partial charge < -0.3 is 15.7 Å². The fraction of sp³-hybridized carbons (Fsp3) is 0.417. The van der Waals surface area contributed by atoms with Gasteiger partial charge in [-0.1, -0.05) is 13.0 Å². The molecule has 1 amide bonds. The Labute approximate surface area is 95.7 Å². The summed E-state index contributed by atoms with van der Waals surface area (Å²) in [6.07, 6.45) is 0.866. The van der Waals surface area contributed by atoms with E-state index in [4.69, 9.17) is 5.73 Å². The van der Waals surface area contributed by atoms with E-state index >= 15 is 0 Å². The van der Waals surface area contributed by atoms with E-state index in [2.05, 4.69) is 0 Å². The lowest BCUT2D eigenvalue weighted by Crippen LogP contribution is -2.34. The molecule has 0 bridgehead atoms. The lowest BCUT2D eigenvalue weighted by atomic mass is 10.1. The molecule has 0 radical (unpaired) electrons. The number of hydrogen-bond donors (Lipinski definition) is 2. The van der Waals surface area contributed by atoms with Gasteiger partial charge in [-0.25, -0.2) is 0 Å². The molecule has 4 nitrogen and oxygen atoms in total. The maximum absolute atomic E-state index is 12.0. The van der Waals surface area contributed by atoms with Gasteiger partial charge in [0.05, 0.1) is 11.3 Å². The standard InChI is InChI=1S/C12H18N2O2/c1-4-8(2)14(3)12(16)9-6-5-7-10(13)11(9)15/h5-8,15H,4,13H2,1-3H3. The minimum absolute atomic E-state index is 0.133. The second-order valence-electron chi connectivity index (χ2n) is 3.92. The number of benzene rings is 1. The van der Waals surface area contributed by atoms with Gasteiger partial charge >= 0.3 is 0 Å². The highest BCUT2D eigenvalue weighted by Crippen LogP contribution is 2.25. The zero-order valence-corrected chi connectivity index (χ0v) is 9.90. The Bertz CT molecular complexity index is 391. The third-order valence-corrected chi connectivity index (χ3v) is 2.87. The van der Waals surface area contributed by atoms with E-state index in [1.165, 1.54) is 0 Å². The van der Waals surface area contributed by atoms with Crippen molar-refractivity contribution in [3.63, 3.8) is 0 Å². The number of nitrogen functional groups attached to an aromatic ring is 1. The monoisotopic (exact) mass is 222 g/mol. The van der Waals surface area contributed by atoms with E-state index in [9.17, 15) is 9.90 Å². The van der Waals surface area contributed by atoms with E-state index in [1.807, 2.05) is 13.8 Å². The molecule has 0 fully saturated rings. The SMILES string of the molecule is CCC(C)N(C)C(=O)c1cccc(N)c1O. The molecular weight excluding hydrogens is 204 g/mol. The predicted octanol–water partition coefficient (Wildman–Crippen LogP) is 1.84. The van der Waals surface area contributed by atoms with E-state index in [-0.39, 0.29) is 28.9 Å². The largest absolute Gasteiger partial charge is 0.505 e. The molecule has 1 atom stereocenters. The first-order chi connectivity index (χ1) is 7.49. The molecule has 4 heteroatoms. The van der Waals surface area contributed by atoms with Gasteiger partial charge in [-0.2, -0.15) is 0 Å². The maximum Gasteiger partial charge on any atom is 0.257 e. The van der Waals surface area contributed by atoms with E-state index in [1.54, 1.807) is 30.1 Å². The number of phenols is 1. The van der Waals surface area contributed by atoms with Crippen LogP contribution in [0.3, 0.4) is 0 Å². The van der Waals surface area contributed by atoms with Crippen LogP contribution in [0.25, 0.3) is 0 Å². The van der Waals surface area contributed by atoms with Crippen LogP contribution in [-0.2, 0) is 0 Å². The molecule has 0 aliphatic rings. The number of carbonyl (C=O) groups excluding carboxylic acids is 1. The van der Waals surface area contributed by atoms with Gasteiger partial charge in [0.25, 0.3) is 5.91 Å². The number of phenolic OH excluding ortho intramolecular Hbond substituents is 1. The lowest BCUT2D eigenvalue weighted by Gasteiger charge is -2.24. The summed E-state index contributed by atoms with van der Waals surface area (Å²) in [5.41, 5.74) is 6.02. The zero-order valence-electron chi connectivity index (χ0n) is 9.90. The predicted molar refractivity (Wildman–Crippen MR) is 64.4 cm³/mol. The molecule has 0 aliphatic carbocycles. The number of hydrogen-bond acceptors (Lipinski definition) is 3. The molecule has 0 saturated heterocycles. The van der Waals surface area contributed by atoms with E-state index in [0.29, 0.717) is 0 Å². The van der Waals surface area contributed by atoms with Crippen LogP contribution < -0.4 is 5.73 Å². The zero-order chi connectivity index (χ0) is 12.3. The van der Waals surface area contributed by atoms with E-state index in [0.717, 1.165) is 6.42 Å². The van der Waals surface area contributed by atoms with Crippen molar-refractivity contribution in [1.82, 2.24) is 4.90 Å². The third-order valence-electron chi connectivity index (χ3n) is 2.87. The van der Waals surface area contributed by atoms with Crippen molar-refractivity contribution in [2.45, 2.75) is 26.3 Å². The lowest BCUT2D eigenvalue weighted by molar-refractivity contribution is 0.0737. The number of nitrogens with two attached hydrogens (primary N) is 1. The van der Waals surface area contributed by atoms with Gasteiger partial charge in [0.1, 0.15) is 0 Å². The second kappa shape index (κ2) is 4.88. The number of aromatic hydroxyl groups is 1. The van der Waals surface area contributed by atoms with Crippen molar-refractivity contribution in [2.24, 2.45) is 0 Å². The Hall–Kier alpha value is -1.71. The van der Waals surface area contributed by atoms with Crippen molar-refractivity contribution in [3.8, 4) is 5.75 Å². The molecule has 1 rings (SSSR count). The number of amides is 1. The van der Waals surface area contributed by atoms with Gasteiger partial charge in [0.2, 0.25) is 0 Å². The van der Waals surface area contributed by atoms with Crippen LogP contribution in [0.2, 0.25) is 0 Å². The molecule has 0 spiro atoms. The molecule has 88 valence electrons. The summed E-state index contributed by atoms with van der Waals surface area (Å²) < 4.78 is 0. The van der Waals surface area contributed by atoms with Crippen LogP contribution in [0, 0.1) is 0 Å². The fourth-order valence-corrected chi connectivity index (χ4v) is 1.40. The number of nitrogens with zero attached hydrogens (tertiary/aromatic N) is 1. The van der Waals surface area contributed by atoms with Crippen molar-refractivity contribution in [1.29, 1.82) is 0 Å². The summed E-state index contributed by atoms with van der Waals surface area (Å²) in [5, 5.41) is 9.70. The van der Waals surface area contributed by atoms with Gasteiger partial charge in [0, 0.05) is 13.1 Å². The summed E-state index contributed by atoms with van der Waals surface area (Å²) in [6.45, 7) is 3.97. The second-order valence-corrected chi connectivity index (χ2v) is 3.92. The minimum atomic E-state index is -0.209. The average molecular weight is 222 g/mol. The molecular formula is C12H18N2O2. The van der Waals surface area contributed by atoms with Crippen LogP contribution in [0.4, 0.5) is 5.69 Å². The van der Waals surface area contributed by atoms with Gasteiger partial charge in [-0.05, 0) is 25.5 Å². The van der Waals surface area contributed by atoms with Crippen LogP contribution in [0.1, 0.15) is 30.6 Å². The van der Waals surface area contributed by atoms with Gasteiger partial charge in [0.15, 0.2) is 5.75 Å². The summed E-state index contributed by atoms with van der Waals surface area (Å²) in [7, 11) is 1.72. The number of rotatable bonds is 3. The first-order valence-electron chi connectivity index (χ1n) is 5.33. The molecule has 0 saturated carbocycles. The Morgan fingerprint density at radius 1 is 1.56 bits per heavy atom. The molecule has 0 aliphatic heterocycles. The summed E-state index contributed by atoms with van der Waals surface area (Å²) in [4.78, 5) is 13.6. The topological polar surface area (TPSA) is 66.6 Å². The molecule has 0 aromatic heterocycles. The number of para-hydroxylation sites is 1. The molecule has 1 unspecified atom stereocenters. The van der Waals surface area contributed by atoms with Crippen LogP contribution in [0.15, 0.2) is 18.2 Å². The number of anilines is 1. The highest BCUT2D eigenvalue weighted by Gasteiger charge is 2.19. The normalized spacial score (nSPS) is 12.2. The summed E-state index contributed by atoms with van der Waals surface area (Å²) in [6, 6.07) is 4.93. The Kier molecular flexibility index (Phi) is 3.77. The first-order valence-corrected chi connectivity index (χ1v) is 5.33. The Morgan fingerprint density at radius 2 is 2.19 bits per heavy atom. The average Bonchev–Trinajstić information content (AvgIpc) is 2.29. The maximum atomic E-state index is 12.0. The minimum Gasteiger partial charge on any atom is -0.505 e. The smallest absolute Gasteiger partial charge is 0.257 e. The molecule has 0 heterocycles. The van der Waals surface area contributed by atoms with Crippen molar-refractivity contribution >= 4 is 11.6 Å². The first kappa shape index (κ1) is 12.4. The van der Waals surface area contributed by atoms with Crippen LogP contribution >= 0.6 is 0 Å². The summed E-state index contributed by atoms with van der Waals surface area (Å²) >= 11 is 0. The molecule has 16 heavy (non-hydrogen) atoms. The quantitative estimate of drug-likeness (QED) is 0.605. The highest BCUT2D eigenvalue weighted by molar-refractivity contribution is 5.98. The van der Waals surface area contributed by atoms with Crippen molar-refractivity contribution in [3.05, 3.63) is 23.8 Å². The Balaban J connectivity index is 3.01.